The van der Waals surface area contributed by atoms with Crippen LogP contribution in [0.2, 0.25) is 0 Å². The lowest BCUT2D eigenvalue weighted by molar-refractivity contribution is -0.384. The Labute approximate surface area is 108 Å². The number of urea groups is 1. The number of hydrogen-bond acceptors (Lipinski definition) is 4. The second-order valence-electron chi connectivity index (χ2n) is 4.08. The maximum Gasteiger partial charge on any atom is 0.319 e. The van der Waals surface area contributed by atoms with Crippen molar-refractivity contribution in [3.8, 4) is 0 Å². The molecule has 2 amide bonds. The quantitative estimate of drug-likeness (QED) is 0.488. The van der Waals surface area contributed by atoms with E-state index in [-0.39, 0.29) is 5.69 Å². The Kier molecular flexibility index (Phi) is 3.28. The third-order valence-electron chi connectivity index (χ3n) is 2.88. The van der Waals surface area contributed by atoms with Gasteiger partial charge in [-0.1, -0.05) is 0 Å². The average Bonchev–Trinajstić information content (AvgIpc) is 2.38. The number of nitrogens with zero attached hydrogens (tertiary/aromatic N) is 1. The molecule has 1 unspecified atom stereocenters. The number of carbonyl (C=O) groups is 2. The van der Waals surface area contributed by atoms with Gasteiger partial charge >= 0.3 is 6.03 Å². The van der Waals surface area contributed by atoms with E-state index in [1.807, 2.05) is 0 Å². The summed E-state index contributed by atoms with van der Waals surface area (Å²) in [4.78, 5) is 32.6. The summed E-state index contributed by atoms with van der Waals surface area (Å²) in [5.74, 6) is 0. The van der Waals surface area contributed by atoms with E-state index in [0.29, 0.717) is 23.1 Å². The molecule has 0 radical (unpaired) electrons. The molecular weight excluding hydrogens is 250 g/mol. The molecule has 0 bridgehead atoms. The molecule has 7 heteroatoms. The van der Waals surface area contributed by atoms with Gasteiger partial charge in [-0.3, -0.25) is 14.9 Å². The Hall–Kier alpha value is -2.70. The van der Waals surface area contributed by atoms with Crippen LogP contribution in [-0.4, -0.2) is 17.2 Å². The van der Waals surface area contributed by atoms with Gasteiger partial charge in [-0.05, 0) is 24.6 Å². The SMILES string of the molecule is CC1=C(C=O)C(c2ccc([N+](=O)[O-])cc2)NC(=O)N1. The Morgan fingerprint density at radius 1 is 1.32 bits per heavy atom. The minimum Gasteiger partial charge on any atom is -0.327 e. The molecule has 1 atom stereocenters. The molecule has 2 rings (SSSR count). The Bertz CT molecular complexity index is 577. The zero-order valence-electron chi connectivity index (χ0n) is 10.0. The third-order valence-corrected chi connectivity index (χ3v) is 2.88. The van der Waals surface area contributed by atoms with Crippen molar-refractivity contribution in [1.82, 2.24) is 10.6 Å². The molecule has 19 heavy (non-hydrogen) atoms. The molecule has 1 heterocycles. The van der Waals surface area contributed by atoms with Crippen molar-refractivity contribution in [2.75, 3.05) is 0 Å². The van der Waals surface area contributed by atoms with Crippen molar-refractivity contribution in [2.45, 2.75) is 13.0 Å². The summed E-state index contributed by atoms with van der Waals surface area (Å²) in [7, 11) is 0. The molecule has 1 aromatic rings. The summed E-state index contributed by atoms with van der Waals surface area (Å²) < 4.78 is 0. The Balaban J connectivity index is 2.39. The molecular formula is C12H11N3O4. The van der Waals surface area contributed by atoms with Crippen molar-refractivity contribution in [3.05, 3.63) is 51.2 Å². The molecule has 0 fully saturated rings. The smallest absolute Gasteiger partial charge is 0.319 e. The molecule has 1 aliphatic rings. The Morgan fingerprint density at radius 3 is 2.47 bits per heavy atom. The number of nitro groups is 1. The van der Waals surface area contributed by atoms with Crippen LogP contribution in [0.4, 0.5) is 10.5 Å². The number of carbonyl (C=O) groups excluding carboxylic acids is 2. The number of aldehydes is 1. The second kappa shape index (κ2) is 4.89. The lowest BCUT2D eigenvalue weighted by atomic mass is 9.96. The fourth-order valence-electron chi connectivity index (χ4n) is 1.91. The molecule has 0 saturated carbocycles. The first-order valence-electron chi connectivity index (χ1n) is 5.50. The van der Waals surface area contributed by atoms with Crippen molar-refractivity contribution in [2.24, 2.45) is 0 Å². The predicted molar refractivity (Wildman–Crippen MR) is 66.3 cm³/mol. The topological polar surface area (TPSA) is 101 Å². The highest BCUT2D eigenvalue weighted by Gasteiger charge is 2.26. The van der Waals surface area contributed by atoms with Crippen LogP contribution in [0.25, 0.3) is 0 Å². The van der Waals surface area contributed by atoms with Gasteiger partial charge in [0.15, 0.2) is 0 Å². The van der Waals surface area contributed by atoms with E-state index in [1.54, 1.807) is 6.92 Å². The zero-order valence-corrected chi connectivity index (χ0v) is 10.0. The monoisotopic (exact) mass is 261 g/mol. The molecule has 2 N–H and O–H groups in total. The summed E-state index contributed by atoms with van der Waals surface area (Å²) in [5.41, 5.74) is 1.44. The van der Waals surface area contributed by atoms with E-state index in [2.05, 4.69) is 10.6 Å². The normalized spacial score (nSPS) is 18.6. The molecule has 0 saturated heterocycles. The molecule has 98 valence electrons. The predicted octanol–water partition coefficient (Wildman–Crippen LogP) is 1.42. The van der Waals surface area contributed by atoms with Gasteiger partial charge in [-0.25, -0.2) is 4.79 Å². The maximum atomic E-state index is 11.4. The first-order chi connectivity index (χ1) is 9.02. The van der Waals surface area contributed by atoms with E-state index in [0.717, 1.165) is 0 Å². The lowest BCUT2D eigenvalue weighted by Gasteiger charge is -2.26. The summed E-state index contributed by atoms with van der Waals surface area (Å²) in [6.07, 6.45) is 0.661. The molecule has 1 aliphatic heterocycles. The molecule has 0 spiro atoms. The van der Waals surface area contributed by atoms with Gasteiger partial charge in [0.2, 0.25) is 0 Å². The van der Waals surface area contributed by atoms with E-state index in [9.17, 15) is 19.7 Å². The number of non-ortho nitro benzene ring substituents is 1. The number of benzene rings is 1. The highest BCUT2D eigenvalue weighted by molar-refractivity contribution is 5.86. The number of nitrogens with one attached hydrogen (secondary N) is 2. The van der Waals surface area contributed by atoms with Gasteiger partial charge in [0.1, 0.15) is 6.29 Å². The average molecular weight is 261 g/mol. The maximum absolute atomic E-state index is 11.4. The fourth-order valence-corrected chi connectivity index (χ4v) is 1.91. The van der Waals surface area contributed by atoms with E-state index < -0.39 is 17.0 Å². The number of amides is 2. The number of nitro benzene ring substituents is 1. The standard InChI is InChI=1S/C12H11N3O4/c1-7-10(6-16)11(14-12(17)13-7)8-2-4-9(5-3-8)15(18)19/h2-6,11H,1H3,(H2,13,14,17). The minimum absolute atomic E-state index is 0.0441. The molecule has 7 nitrogen and oxygen atoms in total. The zero-order chi connectivity index (χ0) is 14.0. The van der Waals surface area contributed by atoms with Gasteiger partial charge in [0.25, 0.3) is 5.69 Å². The van der Waals surface area contributed by atoms with Crippen molar-refractivity contribution in [3.63, 3.8) is 0 Å². The molecule has 0 aromatic heterocycles. The van der Waals surface area contributed by atoms with Crippen LogP contribution >= 0.6 is 0 Å². The third kappa shape index (κ3) is 2.44. The number of allylic oxidation sites excluding steroid dienone is 1. The minimum atomic E-state index is -0.591. The Morgan fingerprint density at radius 2 is 1.95 bits per heavy atom. The number of rotatable bonds is 3. The first-order valence-corrected chi connectivity index (χ1v) is 5.50. The van der Waals surface area contributed by atoms with Crippen molar-refractivity contribution < 1.29 is 14.5 Å². The van der Waals surface area contributed by atoms with Gasteiger partial charge in [-0.15, -0.1) is 0 Å². The number of hydrogen-bond donors (Lipinski definition) is 2. The van der Waals surface area contributed by atoms with Crippen LogP contribution in [0.1, 0.15) is 18.5 Å². The van der Waals surface area contributed by atoms with Gasteiger partial charge in [0.05, 0.1) is 11.0 Å². The van der Waals surface area contributed by atoms with Crippen LogP contribution < -0.4 is 10.6 Å². The van der Waals surface area contributed by atoms with E-state index >= 15 is 0 Å². The highest BCUT2D eigenvalue weighted by atomic mass is 16.6. The van der Waals surface area contributed by atoms with Crippen molar-refractivity contribution in [1.29, 1.82) is 0 Å². The van der Waals surface area contributed by atoms with Crippen LogP contribution in [0.3, 0.4) is 0 Å². The highest BCUT2D eigenvalue weighted by Crippen LogP contribution is 2.26. The largest absolute Gasteiger partial charge is 0.327 e. The fraction of sp³-hybridized carbons (Fsp3) is 0.167. The van der Waals surface area contributed by atoms with Crippen LogP contribution in [0.15, 0.2) is 35.5 Å². The van der Waals surface area contributed by atoms with Crippen LogP contribution in [-0.2, 0) is 4.79 Å². The first kappa shape index (κ1) is 12.7. The van der Waals surface area contributed by atoms with Crippen molar-refractivity contribution >= 4 is 18.0 Å². The second-order valence-corrected chi connectivity index (χ2v) is 4.08. The summed E-state index contributed by atoms with van der Waals surface area (Å²) in [6, 6.07) is 4.71. The molecule has 1 aromatic carbocycles. The summed E-state index contributed by atoms with van der Waals surface area (Å²) >= 11 is 0. The lowest BCUT2D eigenvalue weighted by Crippen LogP contribution is -2.43. The van der Waals surface area contributed by atoms with Gasteiger partial charge in [-0.2, -0.15) is 0 Å². The van der Waals surface area contributed by atoms with E-state index in [4.69, 9.17) is 0 Å². The van der Waals surface area contributed by atoms with Gasteiger partial charge in [0, 0.05) is 23.4 Å². The summed E-state index contributed by atoms with van der Waals surface area (Å²) in [5, 5.41) is 15.7. The molecule has 0 aliphatic carbocycles. The van der Waals surface area contributed by atoms with Crippen LogP contribution in [0.5, 0.6) is 0 Å². The van der Waals surface area contributed by atoms with E-state index in [1.165, 1.54) is 24.3 Å². The summed E-state index contributed by atoms with van der Waals surface area (Å²) in [6.45, 7) is 1.63. The van der Waals surface area contributed by atoms with Gasteiger partial charge < -0.3 is 10.6 Å². The van der Waals surface area contributed by atoms with Crippen LogP contribution in [0, 0.1) is 10.1 Å².